The third-order valence-electron chi connectivity index (χ3n) is 4.68. The fourth-order valence-electron chi connectivity index (χ4n) is 3.46. The van der Waals surface area contributed by atoms with Crippen LogP contribution in [0.4, 0.5) is 5.69 Å². The van der Waals surface area contributed by atoms with E-state index in [0.29, 0.717) is 0 Å². The van der Waals surface area contributed by atoms with E-state index < -0.39 is 0 Å². The topological polar surface area (TPSA) is 46.0 Å². The second kappa shape index (κ2) is 6.24. The van der Waals surface area contributed by atoms with Crippen LogP contribution in [-0.2, 0) is 6.54 Å². The van der Waals surface area contributed by atoms with Gasteiger partial charge in [0.15, 0.2) is 5.65 Å². The lowest BCUT2D eigenvalue weighted by Gasteiger charge is -2.29. The Bertz CT molecular complexity index is 861. The Morgan fingerprint density at radius 3 is 2.75 bits per heavy atom. The van der Waals surface area contributed by atoms with Crippen LogP contribution in [0.5, 0.6) is 0 Å². The molecule has 1 aliphatic rings. The molecule has 4 rings (SSSR count). The SMILES string of the molecule is Cc1cccc(Cn2c(C)nc3c(N4CCNCC4)ccnc32)c1. The van der Waals surface area contributed by atoms with E-state index in [4.69, 9.17) is 4.98 Å². The summed E-state index contributed by atoms with van der Waals surface area (Å²) in [6.07, 6.45) is 1.91. The molecule has 1 saturated heterocycles. The number of pyridine rings is 1. The minimum Gasteiger partial charge on any atom is -0.367 e. The molecule has 5 nitrogen and oxygen atoms in total. The molecule has 5 heteroatoms. The van der Waals surface area contributed by atoms with E-state index in [1.807, 2.05) is 6.20 Å². The molecule has 0 saturated carbocycles. The molecular formula is C19H23N5. The number of rotatable bonds is 3. The summed E-state index contributed by atoms with van der Waals surface area (Å²) < 4.78 is 2.22. The average Bonchev–Trinajstić information content (AvgIpc) is 2.91. The molecule has 1 aromatic carbocycles. The Kier molecular flexibility index (Phi) is 3.94. The van der Waals surface area contributed by atoms with E-state index in [-0.39, 0.29) is 0 Å². The van der Waals surface area contributed by atoms with Crippen molar-refractivity contribution >= 4 is 16.9 Å². The molecule has 1 fully saturated rings. The van der Waals surface area contributed by atoms with Gasteiger partial charge in [0.25, 0.3) is 0 Å². The molecule has 2 aromatic heterocycles. The molecule has 0 spiro atoms. The Labute approximate surface area is 142 Å². The van der Waals surface area contributed by atoms with Crippen LogP contribution < -0.4 is 10.2 Å². The first-order valence-corrected chi connectivity index (χ1v) is 8.55. The highest BCUT2D eigenvalue weighted by Crippen LogP contribution is 2.26. The predicted octanol–water partition coefficient (Wildman–Crippen LogP) is 2.51. The Balaban J connectivity index is 1.75. The van der Waals surface area contributed by atoms with Crippen molar-refractivity contribution in [2.75, 3.05) is 31.1 Å². The first-order valence-electron chi connectivity index (χ1n) is 8.55. The zero-order valence-corrected chi connectivity index (χ0v) is 14.3. The maximum atomic E-state index is 4.85. The monoisotopic (exact) mass is 321 g/mol. The lowest BCUT2D eigenvalue weighted by molar-refractivity contribution is 0.590. The number of nitrogens with one attached hydrogen (secondary N) is 1. The minimum atomic E-state index is 0.808. The summed E-state index contributed by atoms with van der Waals surface area (Å²) in [4.78, 5) is 11.9. The quantitative estimate of drug-likeness (QED) is 0.805. The molecule has 0 aliphatic carbocycles. The number of nitrogens with zero attached hydrogens (tertiary/aromatic N) is 4. The molecule has 0 atom stereocenters. The fourth-order valence-corrected chi connectivity index (χ4v) is 3.46. The van der Waals surface area contributed by atoms with Crippen LogP contribution in [-0.4, -0.2) is 40.7 Å². The number of hydrogen-bond donors (Lipinski definition) is 1. The maximum absolute atomic E-state index is 4.85. The van der Waals surface area contributed by atoms with E-state index >= 15 is 0 Å². The van der Waals surface area contributed by atoms with E-state index in [2.05, 4.69) is 63.9 Å². The number of piperazine rings is 1. The summed E-state index contributed by atoms with van der Waals surface area (Å²) in [5.41, 5.74) is 5.76. The Morgan fingerprint density at radius 2 is 1.96 bits per heavy atom. The van der Waals surface area contributed by atoms with Crippen LogP contribution in [0.3, 0.4) is 0 Å². The summed E-state index contributed by atoms with van der Waals surface area (Å²) >= 11 is 0. The first-order chi connectivity index (χ1) is 11.7. The molecule has 3 heterocycles. The average molecular weight is 321 g/mol. The molecule has 1 N–H and O–H groups in total. The van der Waals surface area contributed by atoms with Crippen molar-refractivity contribution in [3.63, 3.8) is 0 Å². The number of aryl methyl sites for hydroxylation is 2. The summed E-state index contributed by atoms with van der Waals surface area (Å²) in [6.45, 7) is 9.08. The Hall–Kier alpha value is -2.40. The molecule has 0 amide bonds. The van der Waals surface area contributed by atoms with Gasteiger partial charge in [0, 0.05) is 32.4 Å². The second-order valence-electron chi connectivity index (χ2n) is 6.47. The normalized spacial score (nSPS) is 15.2. The molecule has 0 radical (unpaired) electrons. The molecule has 124 valence electrons. The van der Waals surface area contributed by atoms with Gasteiger partial charge >= 0.3 is 0 Å². The first kappa shape index (κ1) is 15.1. The van der Waals surface area contributed by atoms with Crippen molar-refractivity contribution < 1.29 is 0 Å². The van der Waals surface area contributed by atoms with Crippen molar-refractivity contribution in [3.8, 4) is 0 Å². The van der Waals surface area contributed by atoms with Crippen molar-refractivity contribution in [3.05, 3.63) is 53.5 Å². The summed E-state index contributed by atoms with van der Waals surface area (Å²) in [5.74, 6) is 1.02. The predicted molar refractivity (Wildman–Crippen MR) is 97.6 cm³/mol. The standard InChI is InChI=1S/C19H23N5/c1-14-4-3-5-16(12-14)13-24-15(2)22-18-17(6-7-21-19(18)24)23-10-8-20-9-11-23/h3-7,12,20H,8-11,13H2,1-2H3. The van der Waals surface area contributed by atoms with E-state index in [1.165, 1.54) is 16.8 Å². The molecule has 0 bridgehead atoms. The fraction of sp³-hybridized carbons (Fsp3) is 0.368. The smallest absolute Gasteiger partial charge is 0.162 e. The van der Waals surface area contributed by atoms with Crippen molar-refractivity contribution in [2.45, 2.75) is 20.4 Å². The maximum Gasteiger partial charge on any atom is 0.162 e. The van der Waals surface area contributed by atoms with Gasteiger partial charge in [-0.2, -0.15) is 0 Å². The van der Waals surface area contributed by atoms with Gasteiger partial charge in [-0.3, -0.25) is 0 Å². The number of anilines is 1. The van der Waals surface area contributed by atoms with Crippen LogP contribution in [0.15, 0.2) is 36.5 Å². The largest absolute Gasteiger partial charge is 0.367 e. The zero-order chi connectivity index (χ0) is 16.5. The van der Waals surface area contributed by atoms with Gasteiger partial charge < -0.3 is 14.8 Å². The van der Waals surface area contributed by atoms with Gasteiger partial charge in [0.2, 0.25) is 0 Å². The number of fused-ring (bicyclic) bond motifs is 1. The van der Waals surface area contributed by atoms with Crippen LogP contribution >= 0.6 is 0 Å². The number of imidazole rings is 1. The van der Waals surface area contributed by atoms with E-state index in [1.54, 1.807) is 0 Å². The third-order valence-corrected chi connectivity index (χ3v) is 4.68. The van der Waals surface area contributed by atoms with Crippen LogP contribution in [0, 0.1) is 13.8 Å². The van der Waals surface area contributed by atoms with Crippen LogP contribution in [0.2, 0.25) is 0 Å². The van der Waals surface area contributed by atoms with Gasteiger partial charge in [-0.1, -0.05) is 29.8 Å². The lowest BCUT2D eigenvalue weighted by atomic mass is 10.1. The van der Waals surface area contributed by atoms with Gasteiger partial charge in [-0.15, -0.1) is 0 Å². The van der Waals surface area contributed by atoms with Gasteiger partial charge in [-0.25, -0.2) is 9.97 Å². The van der Waals surface area contributed by atoms with Gasteiger partial charge in [0.05, 0.1) is 12.2 Å². The summed E-state index contributed by atoms with van der Waals surface area (Å²) in [6, 6.07) is 10.7. The van der Waals surface area contributed by atoms with E-state index in [9.17, 15) is 0 Å². The van der Waals surface area contributed by atoms with Crippen molar-refractivity contribution in [2.24, 2.45) is 0 Å². The molecule has 0 unspecified atom stereocenters. The molecule has 24 heavy (non-hydrogen) atoms. The number of aromatic nitrogens is 3. The highest BCUT2D eigenvalue weighted by molar-refractivity contribution is 5.86. The summed E-state index contributed by atoms with van der Waals surface area (Å²) in [5, 5.41) is 3.40. The zero-order valence-electron chi connectivity index (χ0n) is 14.3. The lowest BCUT2D eigenvalue weighted by Crippen LogP contribution is -2.43. The highest BCUT2D eigenvalue weighted by Gasteiger charge is 2.18. The van der Waals surface area contributed by atoms with Gasteiger partial charge in [0.1, 0.15) is 11.3 Å². The Morgan fingerprint density at radius 1 is 1.12 bits per heavy atom. The number of hydrogen-bond acceptors (Lipinski definition) is 4. The minimum absolute atomic E-state index is 0.808. The third kappa shape index (κ3) is 2.76. The van der Waals surface area contributed by atoms with E-state index in [0.717, 1.165) is 49.7 Å². The molecular weight excluding hydrogens is 298 g/mol. The molecule has 1 aliphatic heterocycles. The van der Waals surface area contributed by atoms with Crippen LogP contribution in [0.1, 0.15) is 17.0 Å². The molecule has 3 aromatic rings. The van der Waals surface area contributed by atoms with Crippen molar-refractivity contribution in [1.82, 2.24) is 19.9 Å². The number of benzene rings is 1. The summed E-state index contributed by atoms with van der Waals surface area (Å²) in [7, 11) is 0. The van der Waals surface area contributed by atoms with Crippen molar-refractivity contribution in [1.29, 1.82) is 0 Å². The second-order valence-corrected chi connectivity index (χ2v) is 6.47. The van der Waals surface area contributed by atoms with Gasteiger partial charge in [-0.05, 0) is 25.5 Å². The highest BCUT2D eigenvalue weighted by atomic mass is 15.2. The van der Waals surface area contributed by atoms with Crippen LogP contribution in [0.25, 0.3) is 11.2 Å².